The molecule has 0 spiro atoms. The Bertz CT molecular complexity index is 1080. The lowest BCUT2D eigenvalue weighted by Crippen LogP contribution is -2.28. The minimum atomic E-state index is -0.488. The van der Waals surface area contributed by atoms with E-state index in [4.69, 9.17) is 26.8 Å². The maximum Gasteiger partial charge on any atom is 0.146 e. The van der Waals surface area contributed by atoms with E-state index in [2.05, 4.69) is 39.3 Å². The van der Waals surface area contributed by atoms with Crippen molar-refractivity contribution >= 4 is 40.3 Å². The Balaban J connectivity index is 1.72. The molecule has 10 heteroatoms. The number of methoxy groups -OCH3 is 1. The van der Waals surface area contributed by atoms with E-state index in [1.165, 1.54) is 18.5 Å². The molecule has 0 aliphatic rings. The van der Waals surface area contributed by atoms with E-state index in [9.17, 15) is 4.39 Å². The Morgan fingerprint density at radius 2 is 1.76 bits per heavy atom. The van der Waals surface area contributed by atoms with Crippen molar-refractivity contribution in [2.24, 2.45) is 0 Å². The van der Waals surface area contributed by atoms with Crippen molar-refractivity contribution in [2.45, 2.75) is 13.8 Å². The van der Waals surface area contributed by atoms with Crippen molar-refractivity contribution in [1.82, 2.24) is 14.9 Å². The number of nitrogens with zero attached hydrogens (tertiary/aromatic N) is 3. The number of halogens is 2. The minimum absolute atomic E-state index is 0.0204. The lowest BCUT2D eigenvalue weighted by atomic mass is 10.2. The predicted molar refractivity (Wildman–Crippen MR) is 131 cm³/mol. The fraction of sp³-hybridized carbons (Fsp3) is 0.304. The van der Waals surface area contributed by atoms with E-state index in [1.54, 1.807) is 31.4 Å². The second-order valence-corrected chi connectivity index (χ2v) is 7.54. The molecule has 33 heavy (non-hydrogen) atoms. The molecule has 0 fully saturated rings. The summed E-state index contributed by atoms with van der Waals surface area (Å²) in [7, 11) is 1.57. The van der Waals surface area contributed by atoms with E-state index >= 15 is 0 Å². The lowest BCUT2D eigenvalue weighted by Gasteiger charge is -2.19. The number of ether oxygens (including phenoxy) is 2. The largest absolute Gasteiger partial charge is 0.494 e. The molecule has 8 nitrogen and oxygen atoms in total. The summed E-state index contributed by atoms with van der Waals surface area (Å²) in [5.74, 6) is 1.63. The molecule has 0 radical (unpaired) electrons. The highest BCUT2D eigenvalue weighted by Crippen LogP contribution is 2.36. The van der Waals surface area contributed by atoms with Gasteiger partial charge in [-0.15, -0.1) is 0 Å². The van der Waals surface area contributed by atoms with Gasteiger partial charge < -0.3 is 30.7 Å². The zero-order valence-corrected chi connectivity index (χ0v) is 19.6. The van der Waals surface area contributed by atoms with Crippen LogP contribution in [0.5, 0.6) is 11.5 Å². The predicted octanol–water partition coefficient (Wildman–Crippen LogP) is 5.07. The first-order chi connectivity index (χ1) is 15.9. The van der Waals surface area contributed by atoms with Crippen molar-refractivity contribution in [2.75, 3.05) is 49.7 Å². The van der Waals surface area contributed by atoms with Gasteiger partial charge in [0.1, 0.15) is 41.9 Å². The highest BCUT2D eigenvalue weighted by Gasteiger charge is 2.12. The van der Waals surface area contributed by atoms with Gasteiger partial charge >= 0.3 is 0 Å². The molecule has 0 saturated heterocycles. The number of hydrogen-bond acceptors (Lipinski definition) is 8. The number of likely N-dealkylation sites (N-methyl/N-ethyl adjacent to an activating group) is 1. The third-order valence-corrected chi connectivity index (χ3v) is 5.30. The molecule has 0 saturated carbocycles. The van der Waals surface area contributed by atoms with Crippen molar-refractivity contribution in [3.8, 4) is 11.5 Å². The summed E-state index contributed by atoms with van der Waals surface area (Å²) in [6.07, 6.45) is 1.40. The summed E-state index contributed by atoms with van der Waals surface area (Å²) < 4.78 is 24.8. The molecule has 3 aromatic rings. The Kier molecular flexibility index (Phi) is 8.51. The van der Waals surface area contributed by atoms with Crippen LogP contribution in [0.4, 0.5) is 33.1 Å². The molecule has 0 bridgehead atoms. The van der Waals surface area contributed by atoms with Crippen LogP contribution in [0.3, 0.4) is 0 Å². The number of aromatic nitrogens is 2. The quantitative estimate of drug-likeness (QED) is 0.331. The molecule has 176 valence electrons. The zero-order chi connectivity index (χ0) is 23.8. The SMILES string of the molecule is CCN(CC)CCOc1cc(OC)c(Nc2cc(Nc3ccc(F)c(Cl)c3)ncn2)cc1N. The average molecular weight is 475 g/mol. The second kappa shape index (κ2) is 11.5. The molecule has 3 rings (SSSR count). The first-order valence-corrected chi connectivity index (χ1v) is 10.9. The van der Waals surface area contributed by atoms with Gasteiger partial charge in [0.2, 0.25) is 0 Å². The number of hydrogen-bond donors (Lipinski definition) is 3. The van der Waals surface area contributed by atoms with Crippen LogP contribution < -0.4 is 25.8 Å². The van der Waals surface area contributed by atoms with Crippen LogP contribution in [-0.2, 0) is 0 Å². The second-order valence-electron chi connectivity index (χ2n) is 7.13. The summed E-state index contributed by atoms with van der Waals surface area (Å²) in [6, 6.07) is 9.51. The standard InChI is InChI=1S/C23H28ClFN6O2/c1-4-31(5-2)8-9-33-20-12-21(32-3)19(11-18(20)26)30-23-13-22(27-14-28-23)29-15-6-7-17(25)16(24)10-15/h6-7,10-14H,4-5,8-9,26H2,1-3H3,(H2,27,28,29,30). The van der Waals surface area contributed by atoms with E-state index in [0.717, 1.165) is 19.6 Å². The van der Waals surface area contributed by atoms with Crippen LogP contribution in [0.25, 0.3) is 0 Å². The first kappa shape index (κ1) is 24.3. The van der Waals surface area contributed by atoms with Gasteiger partial charge in [-0.05, 0) is 37.4 Å². The number of nitrogens with one attached hydrogen (secondary N) is 2. The maximum atomic E-state index is 13.4. The molecule has 0 atom stereocenters. The lowest BCUT2D eigenvalue weighted by molar-refractivity contribution is 0.223. The fourth-order valence-corrected chi connectivity index (χ4v) is 3.33. The Hall–Kier alpha value is -3.30. The van der Waals surface area contributed by atoms with Crippen molar-refractivity contribution in [1.29, 1.82) is 0 Å². The molecule has 0 aliphatic heterocycles. The highest BCUT2D eigenvalue weighted by atomic mass is 35.5. The number of anilines is 5. The van der Waals surface area contributed by atoms with Gasteiger partial charge in [-0.1, -0.05) is 25.4 Å². The van der Waals surface area contributed by atoms with E-state index in [1.807, 2.05) is 0 Å². The minimum Gasteiger partial charge on any atom is -0.494 e. The van der Waals surface area contributed by atoms with E-state index < -0.39 is 5.82 Å². The molecule has 0 unspecified atom stereocenters. The summed E-state index contributed by atoms with van der Waals surface area (Å²) in [6.45, 7) is 7.49. The van der Waals surface area contributed by atoms with Gasteiger partial charge in [-0.25, -0.2) is 14.4 Å². The first-order valence-electron chi connectivity index (χ1n) is 10.6. The smallest absolute Gasteiger partial charge is 0.146 e. The Morgan fingerprint density at radius 3 is 2.42 bits per heavy atom. The monoisotopic (exact) mass is 474 g/mol. The van der Waals surface area contributed by atoms with E-state index in [-0.39, 0.29) is 5.02 Å². The van der Waals surface area contributed by atoms with Gasteiger partial charge in [-0.3, -0.25) is 0 Å². The zero-order valence-electron chi connectivity index (χ0n) is 18.9. The molecule has 0 aliphatic carbocycles. The number of benzene rings is 2. The van der Waals surface area contributed by atoms with Gasteiger partial charge in [0, 0.05) is 24.4 Å². The summed E-state index contributed by atoms with van der Waals surface area (Å²) in [5.41, 5.74) is 7.92. The molecule has 2 aromatic carbocycles. The highest BCUT2D eigenvalue weighted by molar-refractivity contribution is 6.31. The molecular weight excluding hydrogens is 447 g/mol. The van der Waals surface area contributed by atoms with Crippen LogP contribution in [0.1, 0.15) is 13.8 Å². The average Bonchev–Trinajstić information content (AvgIpc) is 2.81. The normalized spacial score (nSPS) is 10.8. The van der Waals surface area contributed by atoms with Crippen LogP contribution in [0.2, 0.25) is 5.02 Å². The van der Waals surface area contributed by atoms with Crippen molar-refractivity contribution in [3.63, 3.8) is 0 Å². The van der Waals surface area contributed by atoms with Crippen molar-refractivity contribution < 1.29 is 13.9 Å². The van der Waals surface area contributed by atoms with Gasteiger partial charge in [0.05, 0.1) is 23.5 Å². The van der Waals surface area contributed by atoms with Crippen LogP contribution in [0.15, 0.2) is 42.7 Å². The van der Waals surface area contributed by atoms with Gasteiger partial charge in [0.15, 0.2) is 0 Å². The van der Waals surface area contributed by atoms with Crippen molar-refractivity contribution in [3.05, 3.63) is 53.6 Å². The van der Waals surface area contributed by atoms with Gasteiger partial charge in [0.25, 0.3) is 0 Å². The van der Waals surface area contributed by atoms with Gasteiger partial charge in [-0.2, -0.15) is 0 Å². The molecular formula is C23H28ClFN6O2. The topological polar surface area (TPSA) is 97.6 Å². The Labute approximate surface area is 197 Å². The van der Waals surface area contributed by atoms with E-state index in [0.29, 0.717) is 46.8 Å². The molecule has 0 amide bonds. The van der Waals surface area contributed by atoms with Crippen LogP contribution >= 0.6 is 11.6 Å². The number of nitrogen functional groups attached to an aromatic ring is 1. The molecule has 1 aromatic heterocycles. The maximum absolute atomic E-state index is 13.4. The summed E-state index contributed by atoms with van der Waals surface area (Å²) >= 11 is 5.84. The third-order valence-electron chi connectivity index (χ3n) is 5.01. The van der Waals surface area contributed by atoms with Crippen LogP contribution in [-0.4, -0.2) is 48.2 Å². The van der Waals surface area contributed by atoms with Crippen LogP contribution in [0, 0.1) is 5.82 Å². The Morgan fingerprint density at radius 1 is 1.03 bits per heavy atom. The molecule has 1 heterocycles. The fourth-order valence-electron chi connectivity index (χ4n) is 3.15. The molecule has 4 N–H and O–H groups in total. The summed E-state index contributed by atoms with van der Waals surface area (Å²) in [5, 5.41) is 6.27. The number of rotatable bonds is 11. The number of nitrogens with two attached hydrogens (primary N) is 1. The third kappa shape index (κ3) is 6.59. The summed E-state index contributed by atoms with van der Waals surface area (Å²) in [4.78, 5) is 10.7.